The number of hydrogen-bond donors (Lipinski definition) is 0. The molecule has 0 aliphatic carbocycles. The standard InChI is InChI=1S/C19H20F3NO4S/c1-11-8-14(13(3)23(11)10-19(20,21)22)16(25)9-27-18(26)7-5-15(24)17-6-4-12(2)28-17/h4,6,8H,5,7,9-10H2,1-3H3. The van der Waals surface area contributed by atoms with Crippen molar-refractivity contribution in [2.45, 2.75) is 46.3 Å². The van der Waals surface area contributed by atoms with Crippen molar-refractivity contribution in [3.8, 4) is 0 Å². The molecule has 2 heterocycles. The van der Waals surface area contributed by atoms with E-state index < -0.39 is 31.1 Å². The number of ether oxygens (including phenoxy) is 1. The molecule has 0 saturated heterocycles. The first-order valence-electron chi connectivity index (χ1n) is 8.50. The summed E-state index contributed by atoms with van der Waals surface area (Å²) in [5.41, 5.74) is 0.542. The average Bonchev–Trinajstić information content (AvgIpc) is 3.15. The third-order valence-corrected chi connectivity index (χ3v) is 5.19. The van der Waals surface area contributed by atoms with Crippen molar-refractivity contribution in [1.82, 2.24) is 4.57 Å². The zero-order valence-corrected chi connectivity index (χ0v) is 16.5. The van der Waals surface area contributed by atoms with Crippen LogP contribution in [0.25, 0.3) is 0 Å². The number of rotatable bonds is 8. The normalized spacial score (nSPS) is 11.5. The summed E-state index contributed by atoms with van der Waals surface area (Å²) in [6, 6.07) is 4.85. The number of carbonyl (C=O) groups is 3. The highest BCUT2D eigenvalue weighted by Gasteiger charge is 2.30. The van der Waals surface area contributed by atoms with Crippen molar-refractivity contribution in [3.63, 3.8) is 0 Å². The number of aromatic nitrogens is 1. The second kappa shape index (κ2) is 8.72. The molecule has 0 spiro atoms. The fourth-order valence-corrected chi connectivity index (χ4v) is 3.56. The van der Waals surface area contributed by atoms with Gasteiger partial charge in [-0.2, -0.15) is 13.2 Å². The summed E-state index contributed by atoms with van der Waals surface area (Å²) in [6.07, 6.45) is -4.61. The molecule has 0 aliphatic rings. The summed E-state index contributed by atoms with van der Waals surface area (Å²) in [5.74, 6) is -1.48. The summed E-state index contributed by atoms with van der Waals surface area (Å²) < 4.78 is 43.8. The Bertz CT molecular complexity index is 896. The molecular weight excluding hydrogens is 395 g/mol. The van der Waals surface area contributed by atoms with Gasteiger partial charge in [0, 0.05) is 28.2 Å². The monoisotopic (exact) mass is 415 g/mol. The number of halogens is 3. The van der Waals surface area contributed by atoms with Crippen LogP contribution < -0.4 is 0 Å². The molecule has 0 bridgehead atoms. The molecule has 28 heavy (non-hydrogen) atoms. The van der Waals surface area contributed by atoms with Crippen LogP contribution in [0, 0.1) is 20.8 Å². The number of esters is 1. The minimum Gasteiger partial charge on any atom is -0.457 e. The van der Waals surface area contributed by atoms with Crippen LogP contribution in [-0.2, 0) is 16.1 Å². The zero-order chi connectivity index (χ0) is 21.1. The molecule has 0 aromatic carbocycles. The molecule has 152 valence electrons. The Kier molecular flexibility index (Phi) is 6.82. The van der Waals surface area contributed by atoms with Crippen LogP contribution in [0.15, 0.2) is 18.2 Å². The first-order valence-corrected chi connectivity index (χ1v) is 9.31. The third kappa shape index (κ3) is 5.79. The van der Waals surface area contributed by atoms with Crippen LogP contribution >= 0.6 is 11.3 Å². The van der Waals surface area contributed by atoms with Gasteiger partial charge < -0.3 is 9.30 Å². The third-order valence-electron chi connectivity index (χ3n) is 4.15. The molecule has 5 nitrogen and oxygen atoms in total. The fraction of sp³-hybridized carbons (Fsp3) is 0.421. The van der Waals surface area contributed by atoms with E-state index in [1.54, 1.807) is 6.07 Å². The minimum atomic E-state index is -4.41. The predicted molar refractivity (Wildman–Crippen MR) is 97.9 cm³/mol. The lowest BCUT2D eigenvalue weighted by Crippen LogP contribution is -2.20. The molecule has 0 radical (unpaired) electrons. The van der Waals surface area contributed by atoms with E-state index in [9.17, 15) is 27.6 Å². The van der Waals surface area contributed by atoms with Crippen molar-refractivity contribution < 1.29 is 32.3 Å². The number of alkyl halides is 3. The van der Waals surface area contributed by atoms with E-state index in [1.165, 1.54) is 31.3 Å². The van der Waals surface area contributed by atoms with Gasteiger partial charge in [-0.05, 0) is 39.0 Å². The van der Waals surface area contributed by atoms with Gasteiger partial charge in [0.05, 0.1) is 11.3 Å². The van der Waals surface area contributed by atoms with Crippen LogP contribution in [-0.4, -0.2) is 34.9 Å². The van der Waals surface area contributed by atoms with Crippen LogP contribution in [0.5, 0.6) is 0 Å². The van der Waals surface area contributed by atoms with Gasteiger partial charge >= 0.3 is 12.1 Å². The molecule has 0 saturated carbocycles. The van der Waals surface area contributed by atoms with E-state index in [0.29, 0.717) is 10.6 Å². The SMILES string of the molecule is Cc1ccc(C(=O)CCC(=O)OCC(=O)c2cc(C)n(CC(F)(F)F)c2C)s1. The highest BCUT2D eigenvalue weighted by atomic mass is 32.1. The number of Topliss-reactive ketones (excluding diaryl/α,β-unsaturated/α-hetero) is 2. The Morgan fingerprint density at radius 3 is 2.32 bits per heavy atom. The number of carbonyl (C=O) groups excluding carboxylic acids is 3. The predicted octanol–water partition coefficient (Wildman–Crippen LogP) is 4.43. The van der Waals surface area contributed by atoms with Gasteiger partial charge in [0.1, 0.15) is 6.54 Å². The molecule has 9 heteroatoms. The maximum atomic E-state index is 12.6. The first-order chi connectivity index (χ1) is 13.0. The van der Waals surface area contributed by atoms with E-state index >= 15 is 0 Å². The zero-order valence-electron chi connectivity index (χ0n) is 15.7. The highest BCUT2D eigenvalue weighted by Crippen LogP contribution is 2.23. The number of ketones is 2. The van der Waals surface area contributed by atoms with Crippen LogP contribution in [0.1, 0.15) is 49.1 Å². The van der Waals surface area contributed by atoms with Gasteiger partial charge in [-0.3, -0.25) is 14.4 Å². The van der Waals surface area contributed by atoms with Crippen LogP contribution in [0.3, 0.4) is 0 Å². The molecule has 2 aromatic rings. The first kappa shape index (κ1) is 21.9. The van der Waals surface area contributed by atoms with Crippen LogP contribution in [0.2, 0.25) is 0 Å². The Hall–Kier alpha value is -2.42. The number of hydrogen-bond acceptors (Lipinski definition) is 5. The highest BCUT2D eigenvalue weighted by molar-refractivity contribution is 7.14. The Balaban J connectivity index is 1.89. The van der Waals surface area contributed by atoms with Crippen molar-refractivity contribution >= 4 is 28.9 Å². The maximum absolute atomic E-state index is 12.6. The summed E-state index contributed by atoms with van der Waals surface area (Å²) >= 11 is 1.33. The van der Waals surface area contributed by atoms with Crippen LogP contribution in [0.4, 0.5) is 13.2 Å². The molecular formula is C19H20F3NO4S. The number of thiophene rings is 1. The smallest absolute Gasteiger partial charge is 0.406 e. The Morgan fingerprint density at radius 1 is 1.07 bits per heavy atom. The largest absolute Gasteiger partial charge is 0.457 e. The van der Waals surface area contributed by atoms with E-state index in [1.807, 2.05) is 13.0 Å². The summed E-state index contributed by atoms with van der Waals surface area (Å²) in [7, 11) is 0. The molecule has 0 amide bonds. The second-order valence-corrected chi connectivity index (χ2v) is 7.69. The number of nitrogens with zero attached hydrogens (tertiary/aromatic N) is 1. The maximum Gasteiger partial charge on any atom is 0.406 e. The molecule has 2 aromatic heterocycles. The summed E-state index contributed by atoms with van der Waals surface area (Å²) in [6.45, 7) is 2.98. The molecule has 0 atom stereocenters. The van der Waals surface area contributed by atoms with Gasteiger partial charge in [-0.25, -0.2) is 0 Å². The second-order valence-electron chi connectivity index (χ2n) is 6.40. The minimum absolute atomic E-state index is 0.0347. The average molecular weight is 415 g/mol. The fourth-order valence-electron chi connectivity index (χ4n) is 2.73. The molecule has 0 N–H and O–H groups in total. The van der Waals surface area contributed by atoms with Crippen molar-refractivity contribution in [2.75, 3.05) is 6.61 Å². The lowest BCUT2D eigenvalue weighted by molar-refractivity contribution is -0.142. The summed E-state index contributed by atoms with van der Waals surface area (Å²) in [4.78, 5) is 37.5. The van der Waals surface area contributed by atoms with E-state index in [2.05, 4.69) is 0 Å². The van der Waals surface area contributed by atoms with Gasteiger partial charge in [-0.1, -0.05) is 0 Å². The molecule has 0 fully saturated rings. The lowest BCUT2D eigenvalue weighted by atomic mass is 10.1. The summed E-state index contributed by atoms with van der Waals surface area (Å²) in [5, 5.41) is 0. The lowest BCUT2D eigenvalue weighted by Gasteiger charge is -2.12. The van der Waals surface area contributed by atoms with Crippen molar-refractivity contribution in [2.24, 2.45) is 0 Å². The topological polar surface area (TPSA) is 65.4 Å². The van der Waals surface area contributed by atoms with E-state index in [-0.39, 0.29) is 29.9 Å². The van der Waals surface area contributed by atoms with Gasteiger partial charge in [-0.15, -0.1) is 11.3 Å². The van der Waals surface area contributed by atoms with Gasteiger partial charge in [0.25, 0.3) is 0 Å². The van der Waals surface area contributed by atoms with E-state index in [4.69, 9.17) is 4.74 Å². The Morgan fingerprint density at radius 2 is 1.75 bits per heavy atom. The van der Waals surface area contributed by atoms with Crippen molar-refractivity contribution in [3.05, 3.63) is 44.9 Å². The Labute approximate surface area is 164 Å². The molecule has 0 unspecified atom stereocenters. The quantitative estimate of drug-likeness (QED) is 0.473. The van der Waals surface area contributed by atoms with Gasteiger partial charge in [0.2, 0.25) is 5.78 Å². The molecule has 2 rings (SSSR count). The van der Waals surface area contributed by atoms with Crippen molar-refractivity contribution in [1.29, 1.82) is 0 Å². The molecule has 0 aliphatic heterocycles. The number of aryl methyl sites for hydroxylation is 2. The van der Waals surface area contributed by atoms with E-state index in [0.717, 1.165) is 9.44 Å². The van der Waals surface area contributed by atoms with Gasteiger partial charge in [0.15, 0.2) is 12.4 Å².